The summed E-state index contributed by atoms with van der Waals surface area (Å²) in [5.74, 6) is -6.90. The van der Waals surface area contributed by atoms with Crippen LogP contribution in [0.1, 0.15) is 84.9 Å². The molecular formula is C39H40FNO18. The largest absolute Gasteiger partial charge is 0.507 e. The summed E-state index contributed by atoms with van der Waals surface area (Å²) in [4.78, 5) is 53.1. The Morgan fingerprint density at radius 2 is 1.49 bits per heavy atom. The third kappa shape index (κ3) is 6.75. The lowest BCUT2D eigenvalue weighted by Crippen LogP contribution is -2.61. The molecule has 12 atom stereocenters. The zero-order valence-corrected chi connectivity index (χ0v) is 31.5. The number of nitrogens with one attached hydrogen (secondary N) is 1. The van der Waals surface area contributed by atoms with Crippen LogP contribution in [-0.4, -0.2) is 145 Å². The van der Waals surface area contributed by atoms with Gasteiger partial charge in [0.25, 0.3) is 5.91 Å². The number of carboxylic acid groups (broad SMARTS) is 1. The minimum absolute atomic E-state index is 0.00425. The molecule has 0 spiro atoms. The molecule has 2 saturated heterocycles. The van der Waals surface area contributed by atoms with Gasteiger partial charge in [0.15, 0.2) is 30.3 Å². The minimum atomic E-state index is -2.11. The number of carbonyl (C=O) groups is 4. The van der Waals surface area contributed by atoms with E-state index < -0.39 is 154 Å². The normalized spacial score (nSPS) is 30.4. The topological polar surface area (TPSA) is 309 Å². The number of ketones is 2. The Morgan fingerprint density at radius 3 is 2.15 bits per heavy atom. The fourth-order valence-corrected chi connectivity index (χ4v) is 7.86. The minimum Gasteiger partial charge on any atom is -0.507 e. The zero-order valence-electron chi connectivity index (χ0n) is 31.5. The smallest absolute Gasteiger partial charge is 0.325 e. The first-order valence-electron chi connectivity index (χ1n) is 18.2. The highest BCUT2D eigenvalue weighted by molar-refractivity contribution is 6.31. The van der Waals surface area contributed by atoms with E-state index in [0.717, 1.165) is 19.1 Å². The summed E-state index contributed by atoms with van der Waals surface area (Å²) >= 11 is 0. The number of alkyl halides is 1. The molecule has 3 aromatic rings. The number of aromatic hydroxyl groups is 3. The molecule has 0 bridgehead atoms. The molecule has 2 heterocycles. The second-order valence-corrected chi connectivity index (χ2v) is 14.8. The van der Waals surface area contributed by atoms with Gasteiger partial charge in [0.2, 0.25) is 0 Å². The number of fused-ring (bicyclic) bond motifs is 5. The van der Waals surface area contributed by atoms with E-state index in [9.17, 15) is 65.1 Å². The number of carbonyl (C=O) groups excluding carboxylic acids is 3. The van der Waals surface area contributed by atoms with Crippen molar-refractivity contribution in [3.8, 4) is 34.1 Å². The van der Waals surface area contributed by atoms with Gasteiger partial charge in [-0.3, -0.25) is 19.2 Å². The Labute approximate surface area is 332 Å². The van der Waals surface area contributed by atoms with Gasteiger partial charge in [0, 0.05) is 28.3 Å². The van der Waals surface area contributed by atoms with E-state index in [1.807, 2.05) is 0 Å². The molecule has 1 amide bonds. The van der Waals surface area contributed by atoms with Crippen molar-refractivity contribution in [1.29, 1.82) is 0 Å². The van der Waals surface area contributed by atoms with Crippen LogP contribution in [0.3, 0.4) is 0 Å². The highest BCUT2D eigenvalue weighted by Gasteiger charge is 2.52. The molecule has 2 aliphatic heterocycles. The van der Waals surface area contributed by atoms with Crippen LogP contribution in [0, 0.1) is 6.92 Å². The number of ether oxygens (including phenoxy) is 5. The molecule has 10 unspecified atom stereocenters. The molecule has 0 radical (unpaired) electrons. The lowest BCUT2D eigenvalue weighted by Gasteiger charge is -2.45. The first kappa shape index (κ1) is 41.9. The van der Waals surface area contributed by atoms with Gasteiger partial charge in [-0.25, -0.2) is 4.39 Å². The summed E-state index contributed by atoms with van der Waals surface area (Å²) in [5, 5.41) is 100. The SMILES string of the molecule is COc1cc(O)c2c(c1)C(=O)c1c(cc3c(c1O)-c1c(cc(C)c(C(=O)NC(C)C(=O)O)c1O)[C@H](OC1OC(C)C(F)C(OC4OCC(O)C(O)C4O)C1O)[C@H]3O)C2=O. The number of phenolic OH excluding ortho intramolecular Hbond substituents is 3. The lowest BCUT2D eigenvalue weighted by molar-refractivity contribution is -0.346. The van der Waals surface area contributed by atoms with Crippen molar-refractivity contribution < 1.29 is 93.2 Å². The second-order valence-electron chi connectivity index (χ2n) is 14.8. The van der Waals surface area contributed by atoms with Crippen molar-refractivity contribution >= 4 is 23.4 Å². The highest BCUT2D eigenvalue weighted by Crippen LogP contribution is 2.57. The summed E-state index contributed by atoms with van der Waals surface area (Å²) in [5.41, 5.74) is -3.85. The maximum absolute atomic E-state index is 15.6. The summed E-state index contributed by atoms with van der Waals surface area (Å²) in [6.45, 7) is 3.24. The zero-order chi connectivity index (χ0) is 43.1. The van der Waals surface area contributed by atoms with Crippen molar-refractivity contribution in [2.24, 2.45) is 0 Å². The first-order valence-corrected chi connectivity index (χ1v) is 18.2. The van der Waals surface area contributed by atoms with Crippen LogP contribution >= 0.6 is 0 Å². The van der Waals surface area contributed by atoms with E-state index in [-0.39, 0.29) is 28.0 Å². The Hall–Kier alpha value is -5.29. The van der Waals surface area contributed by atoms with E-state index >= 15 is 4.39 Å². The maximum atomic E-state index is 15.6. The van der Waals surface area contributed by atoms with Gasteiger partial charge in [-0.05, 0) is 49.6 Å². The number of phenols is 3. The average molecular weight is 830 g/mol. The molecule has 0 aromatic heterocycles. The quantitative estimate of drug-likeness (QED) is 0.113. The fraction of sp³-hybridized carbons (Fsp3) is 0.436. The maximum Gasteiger partial charge on any atom is 0.325 e. The third-order valence-corrected chi connectivity index (χ3v) is 11.0. The number of aliphatic hydroxyl groups excluding tert-OH is 5. The van der Waals surface area contributed by atoms with Crippen LogP contribution in [0.2, 0.25) is 0 Å². The van der Waals surface area contributed by atoms with Gasteiger partial charge in [-0.15, -0.1) is 0 Å². The molecule has 20 heteroatoms. The van der Waals surface area contributed by atoms with Gasteiger partial charge in [-0.2, -0.15) is 0 Å². The van der Waals surface area contributed by atoms with Crippen LogP contribution in [0.4, 0.5) is 4.39 Å². The van der Waals surface area contributed by atoms with Gasteiger partial charge >= 0.3 is 5.97 Å². The van der Waals surface area contributed by atoms with E-state index in [2.05, 4.69) is 5.32 Å². The summed E-state index contributed by atoms with van der Waals surface area (Å²) in [6, 6.07) is 3.05. The van der Waals surface area contributed by atoms with Crippen molar-refractivity contribution in [3.63, 3.8) is 0 Å². The summed E-state index contributed by atoms with van der Waals surface area (Å²) < 4.78 is 43.4. The van der Waals surface area contributed by atoms with Gasteiger partial charge in [-0.1, -0.05) is 6.07 Å². The Balaban J connectivity index is 1.36. The number of hydrogen-bond acceptors (Lipinski definition) is 17. The van der Waals surface area contributed by atoms with E-state index in [4.69, 9.17) is 23.7 Å². The van der Waals surface area contributed by atoms with E-state index in [1.165, 1.54) is 33.1 Å². The first-order chi connectivity index (χ1) is 27.8. The molecule has 2 fully saturated rings. The summed E-state index contributed by atoms with van der Waals surface area (Å²) in [6.07, 6.45) is -20.0. The highest BCUT2D eigenvalue weighted by atomic mass is 19.1. The number of aliphatic carboxylic acids is 1. The monoisotopic (exact) mass is 829 g/mol. The molecule has 59 heavy (non-hydrogen) atoms. The number of amides is 1. The number of rotatable bonds is 8. The molecule has 2 aliphatic carbocycles. The average Bonchev–Trinajstić information content (AvgIpc) is 3.18. The van der Waals surface area contributed by atoms with Crippen LogP contribution in [-0.2, 0) is 23.7 Å². The Kier molecular flexibility index (Phi) is 10.9. The third-order valence-electron chi connectivity index (χ3n) is 11.0. The van der Waals surface area contributed by atoms with Gasteiger partial charge < -0.3 is 75.0 Å². The number of aryl methyl sites for hydroxylation is 1. The second kappa shape index (κ2) is 15.4. The van der Waals surface area contributed by atoms with Crippen LogP contribution in [0.5, 0.6) is 23.0 Å². The van der Waals surface area contributed by atoms with Crippen molar-refractivity contribution in [1.82, 2.24) is 5.32 Å². The summed E-state index contributed by atoms with van der Waals surface area (Å²) in [7, 11) is 1.25. The Bertz CT molecular complexity index is 2260. The van der Waals surface area contributed by atoms with Crippen LogP contribution < -0.4 is 10.1 Å². The van der Waals surface area contributed by atoms with Gasteiger partial charge in [0.05, 0.1) is 36.5 Å². The van der Waals surface area contributed by atoms with Crippen LogP contribution in [0.25, 0.3) is 11.1 Å². The molecule has 7 rings (SSSR count). The number of benzene rings is 3. The predicted octanol–water partition coefficient (Wildman–Crippen LogP) is 0.138. The standard InChI is InChI=1S/C39H40FNO18/c1-10-5-17-23(30(48)20(10)36(52)41-11(2)37(53)54)22-15(8-16-24(31(22)49)27(45)14-6-13(55-4)7-18(42)21(14)26(16)44)28(46)34(17)58-39-33(51)35(25(40)12(3)57-39)59-38-32(50)29(47)19(43)9-56-38/h5-8,11-12,19,25,28-29,32-35,38-39,42-43,46-51H,9H2,1-4H3,(H,41,52)(H,53,54)/t11?,12?,19?,25?,28-,29?,32?,33?,34-,35?,38?,39?/m0/s1. The molecular weight excluding hydrogens is 789 g/mol. The predicted molar refractivity (Wildman–Crippen MR) is 193 cm³/mol. The molecule has 4 aliphatic rings. The van der Waals surface area contributed by atoms with E-state index in [1.54, 1.807) is 0 Å². The molecule has 19 nitrogen and oxygen atoms in total. The van der Waals surface area contributed by atoms with Crippen molar-refractivity contribution in [2.45, 2.75) is 94.4 Å². The van der Waals surface area contributed by atoms with Crippen molar-refractivity contribution in [3.05, 3.63) is 68.8 Å². The Morgan fingerprint density at radius 1 is 0.847 bits per heavy atom. The van der Waals surface area contributed by atoms with E-state index in [0.29, 0.717) is 0 Å². The fourth-order valence-electron chi connectivity index (χ4n) is 7.86. The number of methoxy groups -OCH3 is 1. The molecule has 3 aromatic carbocycles. The number of aliphatic hydroxyl groups is 5. The number of halogens is 1. The van der Waals surface area contributed by atoms with Gasteiger partial charge in [0.1, 0.15) is 71.8 Å². The molecule has 10 N–H and O–H groups in total. The molecule has 316 valence electrons. The molecule has 0 saturated carbocycles. The number of carboxylic acids is 1. The van der Waals surface area contributed by atoms with Crippen LogP contribution in [0.15, 0.2) is 24.3 Å². The number of hydrogen-bond donors (Lipinski definition) is 10. The lowest BCUT2D eigenvalue weighted by atomic mass is 9.74. The van der Waals surface area contributed by atoms with Crippen molar-refractivity contribution in [2.75, 3.05) is 13.7 Å².